The van der Waals surface area contributed by atoms with Crippen molar-refractivity contribution in [3.8, 4) is 0 Å². The van der Waals surface area contributed by atoms with Gasteiger partial charge in [-0.25, -0.2) is 4.98 Å². The Kier molecular flexibility index (Phi) is 4.61. The zero-order valence-corrected chi connectivity index (χ0v) is 12.8. The summed E-state index contributed by atoms with van der Waals surface area (Å²) in [4.78, 5) is 4.37. The molecule has 0 aliphatic heterocycles. The van der Waals surface area contributed by atoms with E-state index in [1.807, 2.05) is 11.7 Å². The molecule has 19 heavy (non-hydrogen) atoms. The van der Waals surface area contributed by atoms with Gasteiger partial charge in [-0.3, -0.25) is 4.68 Å². The molecule has 1 heterocycles. The van der Waals surface area contributed by atoms with Crippen molar-refractivity contribution < 1.29 is 0 Å². The monoisotopic (exact) mass is 264 g/mol. The molecule has 0 bridgehead atoms. The fourth-order valence-electron chi connectivity index (χ4n) is 3.19. The van der Waals surface area contributed by atoms with Gasteiger partial charge in [-0.05, 0) is 43.6 Å². The summed E-state index contributed by atoms with van der Waals surface area (Å²) < 4.78 is 1.90. The fourth-order valence-corrected chi connectivity index (χ4v) is 3.19. The second-order valence-electron chi connectivity index (χ2n) is 6.67. The van der Waals surface area contributed by atoms with Crippen molar-refractivity contribution in [2.75, 3.05) is 6.54 Å². The molecule has 1 aliphatic carbocycles. The van der Waals surface area contributed by atoms with Crippen LogP contribution in [0.15, 0.2) is 6.33 Å². The Morgan fingerprint density at radius 3 is 2.63 bits per heavy atom. The van der Waals surface area contributed by atoms with Crippen molar-refractivity contribution in [3.63, 3.8) is 0 Å². The van der Waals surface area contributed by atoms with E-state index < -0.39 is 0 Å². The number of hydrogen-bond acceptors (Lipinski definition) is 3. The third kappa shape index (κ3) is 3.78. The first kappa shape index (κ1) is 14.5. The van der Waals surface area contributed by atoms with Gasteiger partial charge in [0.1, 0.15) is 12.2 Å². The molecule has 1 unspecified atom stereocenters. The Morgan fingerprint density at radius 1 is 1.42 bits per heavy atom. The second-order valence-corrected chi connectivity index (χ2v) is 6.67. The molecule has 1 N–H and O–H groups in total. The van der Waals surface area contributed by atoms with Crippen LogP contribution in [-0.2, 0) is 13.5 Å². The molecule has 1 atom stereocenters. The van der Waals surface area contributed by atoms with E-state index in [1.54, 1.807) is 6.33 Å². The fraction of sp³-hybridized carbons (Fsp3) is 0.867. The van der Waals surface area contributed by atoms with E-state index in [-0.39, 0.29) is 0 Å². The van der Waals surface area contributed by atoms with Crippen LogP contribution in [0.4, 0.5) is 0 Å². The van der Waals surface area contributed by atoms with Crippen LogP contribution in [0.1, 0.15) is 52.3 Å². The summed E-state index contributed by atoms with van der Waals surface area (Å²) in [6.07, 6.45) is 8.01. The number of aryl methyl sites for hydroxylation is 1. The van der Waals surface area contributed by atoms with Gasteiger partial charge in [-0.2, -0.15) is 5.10 Å². The van der Waals surface area contributed by atoms with Gasteiger partial charge in [0.25, 0.3) is 0 Å². The van der Waals surface area contributed by atoms with Crippen LogP contribution in [0.25, 0.3) is 0 Å². The highest BCUT2D eigenvalue weighted by atomic mass is 15.3. The summed E-state index contributed by atoms with van der Waals surface area (Å²) in [5.74, 6) is 1.88. The van der Waals surface area contributed by atoms with Crippen LogP contribution >= 0.6 is 0 Å². The lowest BCUT2D eigenvalue weighted by atomic mass is 9.70. The van der Waals surface area contributed by atoms with Crippen LogP contribution in [0.3, 0.4) is 0 Å². The maximum absolute atomic E-state index is 4.37. The molecule has 0 aromatic carbocycles. The minimum Gasteiger partial charge on any atom is -0.314 e. The van der Waals surface area contributed by atoms with Crippen LogP contribution in [0.2, 0.25) is 0 Å². The molecule has 0 radical (unpaired) electrons. The molecule has 108 valence electrons. The Hall–Kier alpha value is -0.900. The van der Waals surface area contributed by atoms with Crippen molar-refractivity contribution in [2.45, 2.75) is 58.9 Å². The van der Waals surface area contributed by atoms with Crippen molar-refractivity contribution in [1.29, 1.82) is 0 Å². The third-order valence-corrected chi connectivity index (χ3v) is 4.63. The van der Waals surface area contributed by atoms with E-state index in [0.29, 0.717) is 11.5 Å². The largest absolute Gasteiger partial charge is 0.314 e. The lowest BCUT2D eigenvalue weighted by molar-refractivity contribution is 0.160. The van der Waals surface area contributed by atoms with E-state index in [2.05, 4.69) is 36.2 Å². The second kappa shape index (κ2) is 6.04. The maximum atomic E-state index is 4.37. The molecule has 0 saturated heterocycles. The molecule has 4 heteroatoms. The van der Waals surface area contributed by atoms with E-state index in [1.165, 1.54) is 25.7 Å². The van der Waals surface area contributed by atoms with Gasteiger partial charge < -0.3 is 5.32 Å². The summed E-state index contributed by atoms with van der Waals surface area (Å²) in [7, 11) is 1.98. The number of aromatic nitrogens is 3. The molecular weight excluding hydrogens is 236 g/mol. The molecule has 4 nitrogen and oxygen atoms in total. The zero-order chi connectivity index (χ0) is 13.9. The van der Waals surface area contributed by atoms with Gasteiger partial charge >= 0.3 is 0 Å². The van der Waals surface area contributed by atoms with Crippen molar-refractivity contribution in [1.82, 2.24) is 20.1 Å². The van der Waals surface area contributed by atoms with Gasteiger partial charge in [-0.1, -0.05) is 20.8 Å². The molecular formula is C15H28N4. The van der Waals surface area contributed by atoms with Crippen molar-refractivity contribution in [2.24, 2.45) is 18.4 Å². The first-order chi connectivity index (χ1) is 9.02. The predicted octanol–water partition coefficient (Wildman–Crippen LogP) is 2.55. The Labute approximate surface area is 117 Å². The number of nitrogens with one attached hydrogen (secondary N) is 1. The molecule has 0 spiro atoms. The number of nitrogens with zero attached hydrogens (tertiary/aromatic N) is 3. The van der Waals surface area contributed by atoms with E-state index in [0.717, 1.165) is 24.7 Å². The van der Waals surface area contributed by atoms with E-state index >= 15 is 0 Å². The van der Waals surface area contributed by atoms with Crippen LogP contribution in [-0.4, -0.2) is 27.4 Å². The standard InChI is InChI=1S/C15H28N4/c1-5-16-13(10-14-17-11-18-19(14)4)12-6-8-15(2,3)9-7-12/h11-13,16H,5-10H2,1-4H3. The molecule has 2 rings (SSSR count). The zero-order valence-electron chi connectivity index (χ0n) is 12.8. The molecule has 1 fully saturated rings. The van der Waals surface area contributed by atoms with Gasteiger partial charge in [0.15, 0.2) is 0 Å². The van der Waals surface area contributed by atoms with Crippen LogP contribution in [0.5, 0.6) is 0 Å². The molecule has 0 amide bonds. The normalized spacial score (nSPS) is 21.5. The number of likely N-dealkylation sites (N-methyl/N-ethyl adjacent to an activating group) is 1. The SMILES string of the molecule is CCNC(Cc1ncnn1C)C1CCC(C)(C)CC1. The highest BCUT2D eigenvalue weighted by molar-refractivity contribution is 4.93. The summed E-state index contributed by atoms with van der Waals surface area (Å²) in [6, 6.07) is 0.545. The number of hydrogen-bond donors (Lipinski definition) is 1. The molecule has 1 saturated carbocycles. The van der Waals surface area contributed by atoms with Gasteiger partial charge in [0, 0.05) is 19.5 Å². The third-order valence-electron chi connectivity index (χ3n) is 4.63. The first-order valence-electron chi connectivity index (χ1n) is 7.58. The lowest BCUT2D eigenvalue weighted by Crippen LogP contribution is -2.41. The Balaban J connectivity index is 1.98. The summed E-state index contributed by atoms with van der Waals surface area (Å²) >= 11 is 0. The minimum atomic E-state index is 0.540. The topological polar surface area (TPSA) is 42.7 Å². The van der Waals surface area contributed by atoms with Gasteiger partial charge in [0.2, 0.25) is 0 Å². The maximum Gasteiger partial charge on any atom is 0.138 e. The van der Waals surface area contributed by atoms with Crippen LogP contribution in [0, 0.1) is 11.3 Å². The molecule has 1 aromatic rings. The average molecular weight is 264 g/mol. The highest BCUT2D eigenvalue weighted by Gasteiger charge is 2.31. The summed E-state index contributed by atoms with van der Waals surface area (Å²) in [6.45, 7) is 8.02. The smallest absolute Gasteiger partial charge is 0.138 e. The minimum absolute atomic E-state index is 0.540. The average Bonchev–Trinajstić information content (AvgIpc) is 2.75. The molecule has 1 aliphatic rings. The number of rotatable bonds is 5. The van der Waals surface area contributed by atoms with Crippen LogP contribution < -0.4 is 5.32 Å². The Morgan fingerprint density at radius 2 is 2.11 bits per heavy atom. The quantitative estimate of drug-likeness (QED) is 0.889. The van der Waals surface area contributed by atoms with Crippen molar-refractivity contribution in [3.05, 3.63) is 12.2 Å². The summed E-state index contributed by atoms with van der Waals surface area (Å²) in [5, 5.41) is 7.84. The van der Waals surface area contributed by atoms with Gasteiger partial charge in [-0.15, -0.1) is 0 Å². The Bertz CT molecular complexity index is 387. The first-order valence-corrected chi connectivity index (χ1v) is 7.58. The highest BCUT2D eigenvalue weighted by Crippen LogP contribution is 2.39. The molecule has 1 aromatic heterocycles. The van der Waals surface area contributed by atoms with E-state index in [4.69, 9.17) is 0 Å². The van der Waals surface area contributed by atoms with E-state index in [9.17, 15) is 0 Å². The van der Waals surface area contributed by atoms with Crippen molar-refractivity contribution >= 4 is 0 Å². The lowest BCUT2D eigenvalue weighted by Gasteiger charge is -2.38. The predicted molar refractivity (Wildman–Crippen MR) is 77.9 cm³/mol. The van der Waals surface area contributed by atoms with Gasteiger partial charge in [0.05, 0.1) is 0 Å². The summed E-state index contributed by atoms with van der Waals surface area (Å²) in [5.41, 5.74) is 0.540.